The molecule has 4 N–H and O–H groups in total. The molecule has 9 rings (SSSR count). The van der Waals surface area contributed by atoms with Crippen molar-refractivity contribution in [1.82, 2.24) is 44.5 Å². The molecule has 5 aromatic rings. The van der Waals surface area contributed by atoms with Crippen LogP contribution in [-0.4, -0.2) is 136 Å². The Labute approximate surface area is 379 Å². The molecule has 1 amide bonds. The number of ketones is 1. The molecule has 65 heavy (non-hydrogen) atoms. The fourth-order valence-electron chi connectivity index (χ4n) is 10.1. The van der Waals surface area contributed by atoms with Crippen molar-refractivity contribution in [3.05, 3.63) is 75.8 Å². The topological polar surface area (TPSA) is 195 Å². The summed E-state index contributed by atoms with van der Waals surface area (Å²) in [4.78, 5) is 67.8. The summed E-state index contributed by atoms with van der Waals surface area (Å²) in [5.74, 6) is 4.15. The number of amides is 1. The van der Waals surface area contributed by atoms with Gasteiger partial charge in [-0.05, 0) is 106 Å². The minimum Gasteiger partial charge on any atom is -0.373 e. The molecule has 0 radical (unpaired) electrons. The Hall–Kier alpha value is -6.27. The number of carbonyl (C=O) groups is 2. The molecule has 0 bridgehead atoms. The fraction of sp³-hybridized carbons (Fsp3) is 0.511. The molecule has 2 saturated carbocycles. The van der Waals surface area contributed by atoms with Gasteiger partial charge < -0.3 is 36.0 Å². The van der Waals surface area contributed by atoms with Crippen molar-refractivity contribution in [3.8, 4) is 0 Å². The maximum Gasteiger partial charge on any atom is 0.263 e. The van der Waals surface area contributed by atoms with E-state index in [2.05, 4.69) is 57.2 Å². The zero-order chi connectivity index (χ0) is 45.2. The number of nitrogens with one attached hydrogen (secondary N) is 4. The number of nitrogens with zero attached hydrogens (tertiary/aromatic N) is 11. The van der Waals surface area contributed by atoms with E-state index in [9.17, 15) is 14.4 Å². The highest BCUT2D eigenvalue weighted by molar-refractivity contribution is 6.07. The predicted octanol–water partition coefficient (Wildman–Crippen LogP) is 5.44. The number of anilines is 7. The summed E-state index contributed by atoms with van der Waals surface area (Å²) < 4.78 is 1.73. The molecule has 5 aromatic heterocycles. The first kappa shape index (κ1) is 44.0. The number of aromatic nitrogens is 7. The number of hydrogen-bond donors (Lipinski definition) is 4. The largest absolute Gasteiger partial charge is 0.373 e. The Bertz CT molecular complexity index is 2560. The summed E-state index contributed by atoms with van der Waals surface area (Å²) in [7, 11) is 5.61. The molecule has 7 heterocycles. The Morgan fingerprint density at radius 1 is 0.815 bits per heavy atom. The molecular formula is C47H61N15O3. The van der Waals surface area contributed by atoms with Crippen molar-refractivity contribution < 1.29 is 9.59 Å². The highest BCUT2D eigenvalue weighted by Crippen LogP contribution is 2.35. The first-order valence-electron chi connectivity index (χ1n) is 23.1. The van der Waals surface area contributed by atoms with Gasteiger partial charge in [0, 0.05) is 90.6 Å². The highest BCUT2D eigenvalue weighted by atomic mass is 16.2. The molecule has 18 nitrogen and oxygen atoms in total. The first-order valence-corrected chi connectivity index (χ1v) is 23.1. The number of carbonyl (C=O) groups excluding carboxylic acids is 2. The lowest BCUT2D eigenvalue weighted by molar-refractivity contribution is 0.101. The van der Waals surface area contributed by atoms with E-state index in [0.29, 0.717) is 63.6 Å². The second-order valence-corrected chi connectivity index (χ2v) is 18.5. The molecule has 4 fully saturated rings. The summed E-state index contributed by atoms with van der Waals surface area (Å²) in [6.45, 7) is 11.7. The third-order valence-corrected chi connectivity index (χ3v) is 13.7. The number of likely N-dealkylation sites (tertiary alicyclic amines) is 1. The molecule has 0 spiro atoms. The standard InChI is InChI=1S/C47H61N15O3/c1-29-37-25-50-47(55-44(37)62(34-8-6-7-9-34)46(65)42(29)30(2)63)54-39-12-10-35(24-49-39)61-20-18-59(19-21-61)26-31-16-17-60(27-31)28-32-22-33(23-32)51-43-36(11-13-38(48-3)52-43)45(64)53-40-14-15-41(57-56-40)58(4)5/h10-15,24-25,31-34H,6-9,16-23,26-28H2,1-5H3,(H2,48,51,52)(H,53,56,64)(H,49,50,54,55). The number of Topliss-reactive ketones (excluding diaryl/α,β-unsaturated/α-hetero) is 1. The van der Waals surface area contributed by atoms with Crippen molar-refractivity contribution in [2.24, 2.45) is 11.8 Å². The van der Waals surface area contributed by atoms with Crippen molar-refractivity contribution in [2.45, 2.75) is 70.9 Å². The van der Waals surface area contributed by atoms with Crippen LogP contribution < -0.4 is 36.6 Å². The van der Waals surface area contributed by atoms with Crippen molar-refractivity contribution in [1.29, 1.82) is 0 Å². The van der Waals surface area contributed by atoms with Crippen molar-refractivity contribution >= 4 is 63.4 Å². The number of rotatable bonds is 15. The Balaban J connectivity index is 0.723. The SMILES string of the molecule is CNc1ccc(C(=O)Nc2ccc(N(C)C)nn2)c(NC2CC(CN3CCC(CN4CCN(c5ccc(Nc6ncc7c(C)c(C(C)=O)c(=O)n(C8CCCC8)c7n6)nc5)CC4)C3)C2)n1. The van der Waals surface area contributed by atoms with Gasteiger partial charge in [-0.2, -0.15) is 4.98 Å². The maximum absolute atomic E-state index is 13.6. The second kappa shape index (κ2) is 19.1. The van der Waals surface area contributed by atoms with Gasteiger partial charge in [0.2, 0.25) is 5.95 Å². The van der Waals surface area contributed by atoms with Gasteiger partial charge in [-0.1, -0.05) is 12.8 Å². The molecule has 342 valence electrons. The van der Waals surface area contributed by atoms with Crippen LogP contribution in [0.3, 0.4) is 0 Å². The average Bonchev–Trinajstić information content (AvgIpc) is 3.99. The van der Waals surface area contributed by atoms with Gasteiger partial charge in [-0.15, -0.1) is 10.2 Å². The lowest BCUT2D eigenvalue weighted by Crippen LogP contribution is -2.48. The van der Waals surface area contributed by atoms with Crippen LogP contribution >= 0.6 is 0 Å². The van der Waals surface area contributed by atoms with E-state index < -0.39 is 0 Å². The fourth-order valence-corrected chi connectivity index (χ4v) is 10.1. The van der Waals surface area contributed by atoms with Gasteiger partial charge in [0.1, 0.15) is 23.1 Å². The van der Waals surface area contributed by atoms with E-state index >= 15 is 0 Å². The molecule has 2 aliphatic heterocycles. The van der Waals surface area contributed by atoms with Crippen LogP contribution in [0.4, 0.5) is 40.7 Å². The molecule has 1 atom stereocenters. The molecule has 18 heteroatoms. The quantitative estimate of drug-likeness (QED) is 0.0971. The Morgan fingerprint density at radius 2 is 1.57 bits per heavy atom. The van der Waals surface area contributed by atoms with Crippen LogP contribution in [0.15, 0.2) is 53.6 Å². The average molecular weight is 884 g/mol. The highest BCUT2D eigenvalue weighted by Gasteiger charge is 2.35. The van der Waals surface area contributed by atoms with Gasteiger partial charge in [0.05, 0.1) is 23.0 Å². The molecule has 0 aromatic carbocycles. The van der Waals surface area contributed by atoms with Gasteiger partial charge in [-0.25, -0.2) is 15.0 Å². The number of fused-ring (bicyclic) bond motifs is 1. The molecule has 2 saturated heterocycles. The maximum atomic E-state index is 13.6. The summed E-state index contributed by atoms with van der Waals surface area (Å²) in [6, 6.07) is 11.5. The van der Waals surface area contributed by atoms with Crippen LogP contribution in [0, 0.1) is 18.8 Å². The molecular weight excluding hydrogens is 823 g/mol. The van der Waals surface area contributed by atoms with Crippen LogP contribution in [0.2, 0.25) is 0 Å². The predicted molar refractivity (Wildman–Crippen MR) is 255 cm³/mol. The van der Waals surface area contributed by atoms with Crippen molar-refractivity contribution in [3.63, 3.8) is 0 Å². The van der Waals surface area contributed by atoms with E-state index in [1.807, 2.05) is 44.4 Å². The van der Waals surface area contributed by atoms with Gasteiger partial charge in [0.15, 0.2) is 17.4 Å². The van der Waals surface area contributed by atoms with Gasteiger partial charge in [-0.3, -0.25) is 23.9 Å². The van der Waals surface area contributed by atoms with Gasteiger partial charge >= 0.3 is 0 Å². The summed E-state index contributed by atoms with van der Waals surface area (Å²) in [5, 5.41) is 21.8. The lowest BCUT2D eigenvalue weighted by Gasteiger charge is -2.39. The first-order chi connectivity index (χ1) is 31.5. The number of pyridine rings is 3. The Kier molecular flexibility index (Phi) is 12.9. The smallest absolute Gasteiger partial charge is 0.263 e. The normalized spacial score (nSPS) is 20.4. The zero-order valence-corrected chi connectivity index (χ0v) is 38.2. The summed E-state index contributed by atoms with van der Waals surface area (Å²) in [5.41, 5.74) is 2.72. The summed E-state index contributed by atoms with van der Waals surface area (Å²) >= 11 is 0. The number of piperazine rings is 1. The second-order valence-electron chi connectivity index (χ2n) is 18.5. The molecule has 2 aliphatic carbocycles. The minimum atomic E-state index is -0.278. The van der Waals surface area contributed by atoms with E-state index in [4.69, 9.17) is 15.0 Å². The minimum absolute atomic E-state index is 0.0218. The lowest BCUT2D eigenvalue weighted by atomic mass is 9.80. The monoisotopic (exact) mass is 884 g/mol. The third kappa shape index (κ3) is 9.73. The molecule has 1 unspecified atom stereocenters. The van der Waals surface area contributed by atoms with E-state index in [0.717, 1.165) is 102 Å². The van der Waals surface area contributed by atoms with Crippen LogP contribution in [0.1, 0.15) is 84.2 Å². The summed E-state index contributed by atoms with van der Waals surface area (Å²) in [6.07, 6.45) is 10.8. The number of hydrogen-bond acceptors (Lipinski definition) is 16. The van der Waals surface area contributed by atoms with Crippen LogP contribution in [-0.2, 0) is 0 Å². The van der Waals surface area contributed by atoms with Crippen LogP contribution in [0.25, 0.3) is 11.0 Å². The van der Waals surface area contributed by atoms with E-state index in [1.165, 1.54) is 13.3 Å². The van der Waals surface area contributed by atoms with Gasteiger partial charge in [0.25, 0.3) is 11.5 Å². The van der Waals surface area contributed by atoms with Crippen LogP contribution in [0.5, 0.6) is 0 Å². The zero-order valence-electron chi connectivity index (χ0n) is 38.2. The van der Waals surface area contributed by atoms with E-state index in [1.54, 1.807) is 35.9 Å². The number of aryl methyl sites for hydroxylation is 1. The Morgan fingerprint density at radius 3 is 2.26 bits per heavy atom. The van der Waals surface area contributed by atoms with E-state index in [-0.39, 0.29) is 34.9 Å². The van der Waals surface area contributed by atoms with Crippen molar-refractivity contribution in [2.75, 3.05) is 105 Å². The molecule has 4 aliphatic rings. The third-order valence-electron chi connectivity index (χ3n) is 13.7.